The molecule has 2 aliphatic heterocycles. The van der Waals surface area contributed by atoms with E-state index >= 15 is 0 Å². The van der Waals surface area contributed by atoms with Crippen LogP contribution in [-0.4, -0.2) is 15.3 Å². The summed E-state index contributed by atoms with van der Waals surface area (Å²) >= 11 is 0. The molecule has 2 unspecified atom stereocenters. The first-order valence-electron chi connectivity index (χ1n) is 8.54. The minimum atomic E-state index is 0.0452. The van der Waals surface area contributed by atoms with Crippen molar-refractivity contribution in [3.63, 3.8) is 0 Å². The van der Waals surface area contributed by atoms with Gasteiger partial charge in [-0.1, -0.05) is 42.5 Å². The third kappa shape index (κ3) is 2.16. The van der Waals surface area contributed by atoms with Crippen LogP contribution in [0.1, 0.15) is 34.5 Å². The molecular formula is C20H19N5. The summed E-state index contributed by atoms with van der Waals surface area (Å²) in [6, 6.07) is 17.0. The molecule has 0 aliphatic carbocycles. The average Bonchev–Trinajstić information content (AvgIpc) is 3.08. The Labute approximate surface area is 146 Å². The van der Waals surface area contributed by atoms with Crippen LogP contribution in [0.2, 0.25) is 0 Å². The molecule has 0 amide bonds. The maximum absolute atomic E-state index is 4.73. The highest BCUT2D eigenvalue weighted by Gasteiger charge is 2.40. The number of benzene rings is 2. The summed E-state index contributed by atoms with van der Waals surface area (Å²) in [6.07, 6.45) is 3.85. The van der Waals surface area contributed by atoms with Crippen LogP contribution in [-0.2, 0) is 13.6 Å². The Kier molecular flexibility index (Phi) is 3.13. The van der Waals surface area contributed by atoms with Crippen LogP contribution in [0.4, 0.5) is 5.69 Å². The highest BCUT2D eigenvalue weighted by molar-refractivity contribution is 6.12. The lowest BCUT2D eigenvalue weighted by Crippen LogP contribution is -2.37. The molecule has 1 aromatic heterocycles. The average molecular weight is 329 g/mol. The number of imidazole rings is 1. The first-order valence-corrected chi connectivity index (χ1v) is 8.54. The minimum absolute atomic E-state index is 0.0452. The van der Waals surface area contributed by atoms with E-state index < -0.39 is 0 Å². The van der Waals surface area contributed by atoms with Crippen LogP contribution in [0.15, 0.2) is 66.0 Å². The van der Waals surface area contributed by atoms with Crippen molar-refractivity contribution in [3.8, 4) is 0 Å². The van der Waals surface area contributed by atoms with Crippen molar-refractivity contribution in [1.29, 1.82) is 0 Å². The van der Waals surface area contributed by atoms with Crippen LogP contribution in [0.5, 0.6) is 0 Å². The van der Waals surface area contributed by atoms with Gasteiger partial charge in [-0.05, 0) is 17.2 Å². The molecule has 5 rings (SSSR count). The first kappa shape index (κ1) is 14.3. The summed E-state index contributed by atoms with van der Waals surface area (Å²) in [5, 5.41) is 8.48. The lowest BCUT2D eigenvalue weighted by Gasteiger charge is -2.38. The second-order valence-electron chi connectivity index (χ2n) is 6.58. The van der Waals surface area contributed by atoms with Gasteiger partial charge in [-0.3, -0.25) is 0 Å². The van der Waals surface area contributed by atoms with E-state index in [0.717, 1.165) is 23.8 Å². The highest BCUT2D eigenvalue weighted by atomic mass is 15.3. The molecule has 0 spiro atoms. The van der Waals surface area contributed by atoms with Crippen molar-refractivity contribution < 1.29 is 0 Å². The Morgan fingerprint density at radius 2 is 1.96 bits per heavy atom. The van der Waals surface area contributed by atoms with Gasteiger partial charge in [-0.2, -0.15) is 5.10 Å². The lowest BCUT2D eigenvalue weighted by molar-refractivity contribution is 0.618. The van der Waals surface area contributed by atoms with E-state index in [1.165, 1.54) is 16.7 Å². The van der Waals surface area contributed by atoms with E-state index in [1.54, 1.807) is 0 Å². The number of aromatic nitrogens is 2. The van der Waals surface area contributed by atoms with Gasteiger partial charge in [0.05, 0.1) is 24.2 Å². The molecule has 124 valence electrons. The second-order valence-corrected chi connectivity index (χ2v) is 6.58. The van der Waals surface area contributed by atoms with Crippen molar-refractivity contribution in [2.75, 3.05) is 5.32 Å². The number of aryl methyl sites for hydroxylation is 1. The number of nitrogens with one attached hydrogen (secondary N) is 2. The molecule has 2 atom stereocenters. The van der Waals surface area contributed by atoms with Crippen LogP contribution < -0.4 is 10.7 Å². The Morgan fingerprint density at radius 1 is 1.08 bits per heavy atom. The minimum Gasteiger partial charge on any atom is -0.377 e. The fraction of sp³-hybridized carbons (Fsp3) is 0.200. The van der Waals surface area contributed by atoms with E-state index in [1.807, 2.05) is 25.5 Å². The number of anilines is 1. The molecule has 3 heterocycles. The monoisotopic (exact) mass is 329 g/mol. The molecule has 0 radical (unpaired) electrons. The summed E-state index contributed by atoms with van der Waals surface area (Å²) in [5.74, 6) is 1.06. The van der Waals surface area contributed by atoms with Gasteiger partial charge in [-0.25, -0.2) is 4.98 Å². The molecule has 5 nitrogen and oxygen atoms in total. The predicted molar refractivity (Wildman–Crippen MR) is 98.6 cm³/mol. The quantitative estimate of drug-likeness (QED) is 0.759. The third-order valence-electron chi connectivity index (χ3n) is 5.11. The second kappa shape index (κ2) is 5.48. The largest absolute Gasteiger partial charge is 0.377 e. The van der Waals surface area contributed by atoms with E-state index in [-0.39, 0.29) is 12.0 Å². The van der Waals surface area contributed by atoms with Crippen molar-refractivity contribution in [2.24, 2.45) is 12.1 Å². The highest BCUT2D eigenvalue weighted by Crippen LogP contribution is 2.43. The fourth-order valence-electron chi connectivity index (χ4n) is 3.95. The summed E-state index contributed by atoms with van der Waals surface area (Å²) in [4.78, 5) is 4.65. The molecule has 0 bridgehead atoms. The van der Waals surface area contributed by atoms with Crippen LogP contribution in [0.25, 0.3) is 0 Å². The smallest absolute Gasteiger partial charge is 0.120 e. The number of hydrogen-bond acceptors (Lipinski definition) is 4. The lowest BCUT2D eigenvalue weighted by atomic mass is 9.79. The number of hydrogen-bond donors (Lipinski definition) is 2. The zero-order valence-corrected chi connectivity index (χ0v) is 14.0. The molecule has 0 saturated heterocycles. The fourth-order valence-corrected chi connectivity index (χ4v) is 3.95. The SMILES string of the molecule is Cn1ccnc1C1C2=NNCc3cccc(c32)NC1c1ccccc1. The molecule has 2 N–H and O–H groups in total. The molecule has 3 aromatic rings. The van der Waals surface area contributed by atoms with Gasteiger partial charge in [0.1, 0.15) is 5.82 Å². The Balaban J connectivity index is 1.75. The van der Waals surface area contributed by atoms with Gasteiger partial charge in [0.15, 0.2) is 0 Å². The molecule has 0 saturated carbocycles. The normalized spacial score (nSPS) is 20.9. The van der Waals surface area contributed by atoms with Gasteiger partial charge in [0, 0.05) is 30.7 Å². The standard InChI is InChI=1S/C20H19N5/c1-25-11-10-21-20(25)17-18(13-6-3-2-4-7-13)23-15-9-5-8-14-12-22-24-19(17)16(14)15/h2-11,17-18,22-23H,12H2,1H3. The van der Waals surface area contributed by atoms with E-state index in [9.17, 15) is 0 Å². The molecular weight excluding hydrogens is 310 g/mol. The zero-order chi connectivity index (χ0) is 16.8. The molecule has 0 fully saturated rings. The topological polar surface area (TPSA) is 54.2 Å². The van der Waals surface area contributed by atoms with Crippen molar-refractivity contribution in [2.45, 2.75) is 18.5 Å². The molecule has 5 heteroatoms. The van der Waals surface area contributed by atoms with Crippen molar-refractivity contribution in [1.82, 2.24) is 15.0 Å². The number of rotatable bonds is 2. The summed E-state index contributed by atoms with van der Waals surface area (Å²) in [5.41, 5.74) is 9.17. The van der Waals surface area contributed by atoms with Gasteiger partial charge < -0.3 is 15.3 Å². The van der Waals surface area contributed by atoms with E-state index in [0.29, 0.717) is 0 Å². The summed E-state index contributed by atoms with van der Waals surface area (Å²) < 4.78 is 2.09. The van der Waals surface area contributed by atoms with Crippen LogP contribution >= 0.6 is 0 Å². The van der Waals surface area contributed by atoms with E-state index in [2.05, 4.69) is 62.8 Å². The number of hydrazone groups is 1. The molecule has 2 aromatic carbocycles. The summed E-state index contributed by atoms with van der Waals surface area (Å²) in [7, 11) is 2.04. The van der Waals surface area contributed by atoms with Crippen LogP contribution in [0.3, 0.4) is 0 Å². The molecule has 25 heavy (non-hydrogen) atoms. The maximum Gasteiger partial charge on any atom is 0.120 e. The Hall–Kier alpha value is -3.08. The van der Waals surface area contributed by atoms with Crippen LogP contribution in [0, 0.1) is 0 Å². The number of nitrogens with zero attached hydrogens (tertiary/aromatic N) is 3. The Bertz CT molecular complexity index is 957. The van der Waals surface area contributed by atoms with Crippen molar-refractivity contribution in [3.05, 3.63) is 83.4 Å². The Morgan fingerprint density at radius 3 is 2.76 bits per heavy atom. The predicted octanol–water partition coefficient (Wildman–Crippen LogP) is 3.18. The maximum atomic E-state index is 4.73. The molecule has 2 aliphatic rings. The van der Waals surface area contributed by atoms with Gasteiger partial charge in [-0.15, -0.1) is 0 Å². The zero-order valence-electron chi connectivity index (χ0n) is 14.0. The first-order chi connectivity index (χ1) is 12.3. The summed E-state index contributed by atoms with van der Waals surface area (Å²) in [6.45, 7) is 0.762. The van der Waals surface area contributed by atoms with Gasteiger partial charge in [0.2, 0.25) is 0 Å². The van der Waals surface area contributed by atoms with Gasteiger partial charge >= 0.3 is 0 Å². The third-order valence-corrected chi connectivity index (χ3v) is 5.11. The van der Waals surface area contributed by atoms with Gasteiger partial charge in [0.25, 0.3) is 0 Å². The van der Waals surface area contributed by atoms with E-state index in [4.69, 9.17) is 5.10 Å². The van der Waals surface area contributed by atoms with Crippen molar-refractivity contribution >= 4 is 11.4 Å².